The van der Waals surface area contributed by atoms with Crippen molar-refractivity contribution in [2.45, 2.75) is 6.92 Å². The Labute approximate surface area is 80.3 Å². The van der Waals surface area contributed by atoms with Crippen molar-refractivity contribution in [1.29, 1.82) is 0 Å². The molecule has 0 radical (unpaired) electrons. The molecule has 0 amide bonds. The van der Waals surface area contributed by atoms with Crippen LogP contribution < -0.4 is 0 Å². The van der Waals surface area contributed by atoms with Crippen LogP contribution in [0.25, 0.3) is 10.9 Å². The van der Waals surface area contributed by atoms with Crippen LogP contribution in [-0.4, -0.2) is 16.0 Å². The molecule has 68 valence electrons. The quantitative estimate of drug-likeness (QED) is 0.503. The lowest BCUT2D eigenvalue weighted by Gasteiger charge is -1.99. The van der Waals surface area contributed by atoms with E-state index in [-0.39, 0.29) is 0 Å². The van der Waals surface area contributed by atoms with Gasteiger partial charge in [0.2, 0.25) is 6.08 Å². The fourth-order valence-electron chi connectivity index (χ4n) is 1.30. The molecule has 14 heavy (non-hydrogen) atoms. The van der Waals surface area contributed by atoms with Crippen LogP contribution >= 0.6 is 0 Å². The number of aromatic nitrogens is 2. The van der Waals surface area contributed by atoms with Gasteiger partial charge in [-0.3, -0.25) is 0 Å². The van der Waals surface area contributed by atoms with Gasteiger partial charge in [-0.25, -0.2) is 14.8 Å². The van der Waals surface area contributed by atoms with Gasteiger partial charge in [0.05, 0.1) is 5.52 Å². The second-order valence-electron chi connectivity index (χ2n) is 2.81. The van der Waals surface area contributed by atoms with Crippen molar-refractivity contribution in [1.82, 2.24) is 9.97 Å². The Bertz CT molecular complexity index is 530. The maximum atomic E-state index is 10.2. The van der Waals surface area contributed by atoms with Crippen molar-refractivity contribution in [3.63, 3.8) is 0 Å². The number of para-hydroxylation sites is 1. The van der Waals surface area contributed by atoms with Gasteiger partial charge in [0.1, 0.15) is 5.82 Å². The molecular formula is C10H7N3O. The number of aryl methyl sites for hydroxylation is 1. The third-order valence-electron chi connectivity index (χ3n) is 1.85. The summed E-state index contributed by atoms with van der Waals surface area (Å²) < 4.78 is 0. The average Bonchev–Trinajstić information content (AvgIpc) is 2.18. The second kappa shape index (κ2) is 3.36. The Kier molecular flexibility index (Phi) is 2.05. The molecule has 2 rings (SSSR count). The predicted molar refractivity (Wildman–Crippen MR) is 52.1 cm³/mol. The Morgan fingerprint density at radius 2 is 2.07 bits per heavy atom. The molecule has 1 heterocycles. The Balaban J connectivity index is 2.86. The van der Waals surface area contributed by atoms with Crippen LogP contribution in [0, 0.1) is 6.92 Å². The van der Waals surface area contributed by atoms with E-state index >= 15 is 0 Å². The van der Waals surface area contributed by atoms with Crippen molar-refractivity contribution < 1.29 is 4.79 Å². The van der Waals surface area contributed by atoms with Crippen LogP contribution in [-0.2, 0) is 4.79 Å². The number of aliphatic imine (C=N–C) groups is 1. The van der Waals surface area contributed by atoms with Gasteiger partial charge >= 0.3 is 0 Å². The van der Waals surface area contributed by atoms with Crippen LogP contribution in [0.15, 0.2) is 29.3 Å². The van der Waals surface area contributed by atoms with E-state index in [4.69, 9.17) is 0 Å². The van der Waals surface area contributed by atoms with E-state index in [1.807, 2.05) is 24.3 Å². The lowest BCUT2D eigenvalue weighted by atomic mass is 10.2. The van der Waals surface area contributed by atoms with E-state index in [0.29, 0.717) is 11.6 Å². The van der Waals surface area contributed by atoms with Gasteiger partial charge in [-0.2, -0.15) is 0 Å². The van der Waals surface area contributed by atoms with Crippen LogP contribution in [0.5, 0.6) is 0 Å². The molecule has 4 nitrogen and oxygen atoms in total. The Hall–Kier alpha value is -2.06. The highest BCUT2D eigenvalue weighted by atomic mass is 16.1. The third-order valence-corrected chi connectivity index (χ3v) is 1.85. The van der Waals surface area contributed by atoms with Gasteiger partial charge in [0.15, 0.2) is 5.82 Å². The highest BCUT2D eigenvalue weighted by Crippen LogP contribution is 2.21. The van der Waals surface area contributed by atoms with Gasteiger partial charge in [-0.1, -0.05) is 12.1 Å². The molecule has 0 spiro atoms. The minimum atomic E-state index is 0.378. The SMILES string of the molecule is Cc1nc(N=C=O)c2ccccc2n1. The highest BCUT2D eigenvalue weighted by molar-refractivity contribution is 5.88. The van der Waals surface area contributed by atoms with E-state index in [2.05, 4.69) is 15.0 Å². The van der Waals surface area contributed by atoms with E-state index < -0.39 is 0 Å². The summed E-state index contributed by atoms with van der Waals surface area (Å²) in [6.07, 6.45) is 1.49. The number of carbonyl (C=O) groups excluding carboxylic acids is 1. The van der Waals surface area contributed by atoms with Crippen molar-refractivity contribution in [2.75, 3.05) is 0 Å². The van der Waals surface area contributed by atoms with E-state index in [1.54, 1.807) is 6.92 Å². The van der Waals surface area contributed by atoms with E-state index in [1.165, 1.54) is 6.08 Å². The highest BCUT2D eigenvalue weighted by Gasteiger charge is 2.02. The Morgan fingerprint density at radius 1 is 1.29 bits per heavy atom. The second-order valence-corrected chi connectivity index (χ2v) is 2.81. The lowest BCUT2D eigenvalue weighted by Crippen LogP contribution is -1.88. The first-order valence-corrected chi connectivity index (χ1v) is 4.12. The molecule has 0 saturated carbocycles. The molecule has 0 aliphatic carbocycles. The lowest BCUT2D eigenvalue weighted by molar-refractivity contribution is 0.565. The first-order chi connectivity index (χ1) is 6.81. The summed E-state index contributed by atoms with van der Waals surface area (Å²) in [4.78, 5) is 22.0. The molecule has 0 fully saturated rings. The zero-order valence-electron chi connectivity index (χ0n) is 7.56. The average molecular weight is 185 g/mol. The minimum absolute atomic E-state index is 0.378. The summed E-state index contributed by atoms with van der Waals surface area (Å²) in [6, 6.07) is 7.41. The molecule has 0 atom stereocenters. The largest absolute Gasteiger partial charge is 0.242 e. The van der Waals surface area contributed by atoms with Gasteiger partial charge in [0, 0.05) is 5.39 Å². The number of nitrogens with zero attached hydrogens (tertiary/aromatic N) is 3. The molecule has 2 aromatic rings. The smallest absolute Gasteiger partial charge is 0.233 e. The Morgan fingerprint density at radius 3 is 2.86 bits per heavy atom. The van der Waals surface area contributed by atoms with Gasteiger partial charge in [0.25, 0.3) is 0 Å². The summed E-state index contributed by atoms with van der Waals surface area (Å²) in [6.45, 7) is 1.76. The van der Waals surface area contributed by atoms with Gasteiger partial charge in [-0.05, 0) is 19.1 Å². The van der Waals surface area contributed by atoms with Crippen LogP contribution in [0.1, 0.15) is 5.82 Å². The van der Waals surface area contributed by atoms with Crippen LogP contribution in [0.3, 0.4) is 0 Å². The summed E-state index contributed by atoms with van der Waals surface area (Å²) >= 11 is 0. The van der Waals surface area contributed by atoms with Gasteiger partial charge < -0.3 is 0 Å². The summed E-state index contributed by atoms with van der Waals surface area (Å²) in [7, 11) is 0. The topological polar surface area (TPSA) is 55.2 Å². The molecule has 0 aliphatic rings. The number of isocyanates is 1. The van der Waals surface area contributed by atoms with Crippen molar-refractivity contribution in [3.05, 3.63) is 30.1 Å². The maximum Gasteiger partial charge on any atom is 0.242 e. The third kappa shape index (κ3) is 1.39. The molecule has 0 unspecified atom stereocenters. The fourth-order valence-corrected chi connectivity index (χ4v) is 1.30. The number of rotatable bonds is 1. The number of benzene rings is 1. The van der Waals surface area contributed by atoms with Gasteiger partial charge in [-0.15, -0.1) is 4.99 Å². The zero-order valence-corrected chi connectivity index (χ0v) is 7.56. The first-order valence-electron chi connectivity index (χ1n) is 4.12. The molecule has 1 aromatic heterocycles. The number of fused-ring (bicyclic) bond motifs is 1. The minimum Gasteiger partial charge on any atom is -0.233 e. The van der Waals surface area contributed by atoms with Crippen LogP contribution in [0.4, 0.5) is 5.82 Å². The molecule has 0 N–H and O–H groups in total. The monoisotopic (exact) mass is 185 g/mol. The van der Waals surface area contributed by atoms with E-state index in [0.717, 1.165) is 10.9 Å². The van der Waals surface area contributed by atoms with Crippen molar-refractivity contribution in [3.8, 4) is 0 Å². The molecular weight excluding hydrogens is 178 g/mol. The maximum absolute atomic E-state index is 10.2. The normalized spacial score (nSPS) is 9.79. The summed E-state index contributed by atoms with van der Waals surface area (Å²) in [5.41, 5.74) is 0.786. The molecule has 0 aliphatic heterocycles. The first kappa shape index (κ1) is 8.53. The standard InChI is InChI=1S/C10H7N3O/c1-7-12-9-5-3-2-4-8(9)10(13-7)11-6-14/h2-5H,1H3. The number of hydrogen-bond acceptors (Lipinski definition) is 4. The van der Waals surface area contributed by atoms with Crippen molar-refractivity contribution >= 4 is 22.8 Å². The fraction of sp³-hybridized carbons (Fsp3) is 0.100. The summed E-state index contributed by atoms with van der Waals surface area (Å²) in [5.74, 6) is 0.973. The molecule has 4 heteroatoms. The predicted octanol–water partition coefficient (Wildman–Crippen LogP) is 1.91. The molecule has 0 saturated heterocycles. The number of hydrogen-bond donors (Lipinski definition) is 0. The summed E-state index contributed by atoms with van der Waals surface area (Å²) in [5, 5.41) is 0.765. The van der Waals surface area contributed by atoms with Crippen LogP contribution in [0.2, 0.25) is 0 Å². The molecule has 0 bridgehead atoms. The van der Waals surface area contributed by atoms with Crippen molar-refractivity contribution in [2.24, 2.45) is 4.99 Å². The zero-order chi connectivity index (χ0) is 9.97. The molecule has 1 aromatic carbocycles. The van der Waals surface area contributed by atoms with E-state index in [9.17, 15) is 4.79 Å².